The summed E-state index contributed by atoms with van der Waals surface area (Å²) in [6, 6.07) is 5.84. The van der Waals surface area contributed by atoms with Gasteiger partial charge in [-0.25, -0.2) is 0 Å². The fourth-order valence-electron chi connectivity index (χ4n) is 1.75. The Hall–Kier alpha value is -1.38. The molecule has 0 amide bonds. The quantitative estimate of drug-likeness (QED) is 0.499. The van der Waals surface area contributed by atoms with E-state index in [4.69, 9.17) is 12.2 Å². The number of hydrogen-bond donors (Lipinski definition) is 2. The Bertz CT molecular complexity index is 622. The third kappa shape index (κ3) is 3.55. The molecule has 0 unspecified atom stereocenters. The highest BCUT2D eigenvalue weighted by Crippen LogP contribution is 2.28. The van der Waals surface area contributed by atoms with Gasteiger partial charge in [-0.1, -0.05) is 5.92 Å². The Labute approximate surface area is 125 Å². The summed E-state index contributed by atoms with van der Waals surface area (Å²) >= 11 is 5.14. The van der Waals surface area contributed by atoms with Crippen molar-refractivity contribution in [2.75, 3.05) is 29.1 Å². The zero-order valence-corrected chi connectivity index (χ0v) is 12.7. The normalized spacial score (nSPS) is 10.3. The number of nitrogen functional groups attached to an aromatic ring is 1. The van der Waals surface area contributed by atoms with Gasteiger partial charge in [-0.3, -0.25) is 4.98 Å². The van der Waals surface area contributed by atoms with Crippen LogP contribution in [0.3, 0.4) is 0 Å². The summed E-state index contributed by atoms with van der Waals surface area (Å²) in [5.41, 5.74) is 8.60. The lowest BCUT2D eigenvalue weighted by atomic mass is 10.1. The van der Waals surface area contributed by atoms with Crippen LogP contribution in [-0.4, -0.2) is 23.0 Å². The Morgan fingerprint density at radius 3 is 3.11 bits per heavy atom. The van der Waals surface area contributed by atoms with Crippen LogP contribution in [0.15, 0.2) is 28.9 Å². The number of anilines is 2. The minimum absolute atomic E-state index is 0.732. The molecule has 19 heavy (non-hydrogen) atoms. The maximum Gasteiger partial charge on any atom is 0.0954 e. The molecule has 0 atom stereocenters. The Balaban J connectivity index is 2.15. The Morgan fingerprint density at radius 1 is 1.47 bits per heavy atom. The van der Waals surface area contributed by atoms with E-state index in [1.54, 1.807) is 18.0 Å². The van der Waals surface area contributed by atoms with Gasteiger partial charge in [-0.15, -0.1) is 18.2 Å². The maximum absolute atomic E-state index is 5.97. The predicted molar refractivity (Wildman–Crippen MR) is 88.5 cm³/mol. The molecular weight excluding hydrogens is 322 g/mol. The van der Waals surface area contributed by atoms with Crippen LogP contribution in [0.25, 0.3) is 10.9 Å². The molecule has 1 aromatic heterocycles. The molecule has 1 aromatic carbocycles. The molecule has 0 fully saturated rings. The van der Waals surface area contributed by atoms with Crippen LogP contribution in [0.4, 0.5) is 11.4 Å². The highest BCUT2D eigenvalue weighted by molar-refractivity contribution is 9.10. The number of nitrogens with two attached hydrogens (primary N) is 1. The molecule has 1 heterocycles. The standard InChI is InChI=1S/C14H14BrN3S/c1-2-6-19-7-5-17-13-4-3-12(16)11-8-10(15)9-18-14(11)13/h1,3-4,8-9,17H,5-7,16H2. The van der Waals surface area contributed by atoms with Crippen molar-refractivity contribution in [1.29, 1.82) is 0 Å². The van der Waals surface area contributed by atoms with Crippen molar-refractivity contribution in [1.82, 2.24) is 4.98 Å². The van der Waals surface area contributed by atoms with Gasteiger partial charge in [0.1, 0.15) is 0 Å². The third-order valence-electron chi connectivity index (χ3n) is 2.60. The van der Waals surface area contributed by atoms with E-state index in [9.17, 15) is 0 Å². The number of halogens is 1. The molecule has 2 aromatic rings. The van der Waals surface area contributed by atoms with Crippen LogP contribution in [0.2, 0.25) is 0 Å². The van der Waals surface area contributed by atoms with E-state index in [1.807, 2.05) is 18.2 Å². The van der Waals surface area contributed by atoms with Gasteiger partial charge < -0.3 is 11.1 Å². The average molecular weight is 336 g/mol. The topological polar surface area (TPSA) is 50.9 Å². The molecule has 0 bridgehead atoms. The maximum atomic E-state index is 5.97. The van der Waals surface area contributed by atoms with E-state index in [0.29, 0.717) is 0 Å². The monoisotopic (exact) mass is 335 g/mol. The van der Waals surface area contributed by atoms with Crippen molar-refractivity contribution in [3.05, 3.63) is 28.9 Å². The summed E-state index contributed by atoms with van der Waals surface area (Å²) in [7, 11) is 0. The number of fused-ring (bicyclic) bond motifs is 1. The van der Waals surface area contributed by atoms with Crippen LogP contribution in [0, 0.1) is 12.3 Å². The molecule has 0 aliphatic carbocycles. The zero-order chi connectivity index (χ0) is 13.7. The van der Waals surface area contributed by atoms with Gasteiger partial charge in [-0.2, -0.15) is 0 Å². The van der Waals surface area contributed by atoms with Crippen LogP contribution >= 0.6 is 27.7 Å². The summed E-state index contributed by atoms with van der Waals surface area (Å²) < 4.78 is 0.924. The van der Waals surface area contributed by atoms with Crippen molar-refractivity contribution in [3.8, 4) is 12.3 Å². The fraction of sp³-hybridized carbons (Fsp3) is 0.214. The molecule has 3 N–H and O–H groups in total. The number of pyridine rings is 1. The second-order valence-corrected chi connectivity index (χ2v) is 5.96. The number of hydrogen-bond acceptors (Lipinski definition) is 4. The molecule has 0 saturated carbocycles. The smallest absolute Gasteiger partial charge is 0.0954 e. The van der Waals surface area contributed by atoms with Crippen molar-refractivity contribution in [2.24, 2.45) is 0 Å². The van der Waals surface area contributed by atoms with Gasteiger partial charge in [0.05, 0.1) is 17.0 Å². The molecule has 0 aliphatic rings. The molecule has 98 valence electrons. The van der Waals surface area contributed by atoms with Crippen LogP contribution in [0.1, 0.15) is 0 Å². The van der Waals surface area contributed by atoms with Gasteiger partial charge in [0.15, 0.2) is 0 Å². The van der Waals surface area contributed by atoms with Crippen molar-refractivity contribution >= 4 is 50.0 Å². The number of aromatic nitrogens is 1. The molecule has 0 aliphatic heterocycles. The van der Waals surface area contributed by atoms with E-state index >= 15 is 0 Å². The number of nitrogens with one attached hydrogen (secondary N) is 1. The summed E-state index contributed by atoms with van der Waals surface area (Å²) in [6.45, 7) is 0.850. The lowest BCUT2D eigenvalue weighted by Gasteiger charge is -2.10. The van der Waals surface area contributed by atoms with Gasteiger partial charge in [-0.05, 0) is 34.1 Å². The average Bonchev–Trinajstić information content (AvgIpc) is 2.41. The number of rotatable bonds is 5. The first-order valence-electron chi connectivity index (χ1n) is 5.81. The number of benzene rings is 1. The highest BCUT2D eigenvalue weighted by atomic mass is 79.9. The first-order valence-corrected chi connectivity index (χ1v) is 7.76. The summed E-state index contributed by atoms with van der Waals surface area (Å²) in [4.78, 5) is 4.43. The van der Waals surface area contributed by atoms with E-state index in [1.165, 1.54) is 0 Å². The van der Waals surface area contributed by atoms with Crippen molar-refractivity contribution in [3.63, 3.8) is 0 Å². The van der Waals surface area contributed by atoms with Crippen molar-refractivity contribution < 1.29 is 0 Å². The lowest BCUT2D eigenvalue weighted by molar-refractivity contribution is 1.23. The molecule has 0 saturated heterocycles. The van der Waals surface area contributed by atoms with Crippen LogP contribution in [0.5, 0.6) is 0 Å². The van der Waals surface area contributed by atoms with Gasteiger partial charge in [0.25, 0.3) is 0 Å². The molecular formula is C14H14BrN3S. The molecule has 3 nitrogen and oxygen atoms in total. The minimum atomic E-state index is 0.732. The predicted octanol–water partition coefficient (Wildman–Crippen LogP) is 3.36. The van der Waals surface area contributed by atoms with E-state index in [2.05, 4.69) is 32.2 Å². The number of nitrogens with zero attached hydrogens (tertiary/aromatic N) is 1. The Kier molecular flexibility index (Phi) is 4.94. The van der Waals surface area contributed by atoms with E-state index in [0.717, 1.165) is 44.8 Å². The second kappa shape index (κ2) is 6.69. The number of terminal acetylenes is 1. The van der Waals surface area contributed by atoms with Crippen LogP contribution < -0.4 is 11.1 Å². The molecule has 0 spiro atoms. The Morgan fingerprint density at radius 2 is 2.32 bits per heavy atom. The summed E-state index contributed by atoms with van der Waals surface area (Å²) in [6.07, 6.45) is 6.99. The first-order chi connectivity index (χ1) is 9.22. The highest BCUT2D eigenvalue weighted by Gasteiger charge is 2.05. The molecule has 5 heteroatoms. The van der Waals surface area contributed by atoms with Gasteiger partial charge in [0, 0.05) is 34.0 Å². The largest absolute Gasteiger partial charge is 0.398 e. The summed E-state index contributed by atoms with van der Waals surface area (Å²) in [5, 5.41) is 4.32. The number of thioether (sulfide) groups is 1. The van der Waals surface area contributed by atoms with Gasteiger partial charge >= 0.3 is 0 Å². The van der Waals surface area contributed by atoms with E-state index < -0.39 is 0 Å². The lowest BCUT2D eigenvalue weighted by Crippen LogP contribution is -2.05. The zero-order valence-electron chi connectivity index (χ0n) is 10.3. The summed E-state index contributed by atoms with van der Waals surface area (Å²) in [5.74, 6) is 4.32. The second-order valence-electron chi connectivity index (χ2n) is 3.94. The van der Waals surface area contributed by atoms with Gasteiger partial charge in [0.2, 0.25) is 0 Å². The molecule has 2 rings (SSSR count). The minimum Gasteiger partial charge on any atom is -0.398 e. The van der Waals surface area contributed by atoms with Crippen LogP contribution in [-0.2, 0) is 0 Å². The SMILES string of the molecule is C#CCSCCNc1ccc(N)c2cc(Br)cnc12. The van der Waals surface area contributed by atoms with Crippen molar-refractivity contribution in [2.45, 2.75) is 0 Å². The first kappa shape index (κ1) is 14.0. The molecule has 0 radical (unpaired) electrons. The third-order valence-corrected chi connectivity index (χ3v) is 3.89. The van der Waals surface area contributed by atoms with E-state index in [-0.39, 0.29) is 0 Å². The fourth-order valence-corrected chi connectivity index (χ4v) is 2.59.